The molecule has 0 saturated heterocycles. The molecule has 2 aromatic rings. The maximum Gasteiger partial charge on any atom is 0.223 e. The highest BCUT2D eigenvalue weighted by Crippen LogP contribution is 2.12. The molecular formula is C9H7NOS. The van der Waals surface area contributed by atoms with Crippen molar-refractivity contribution in [2.24, 2.45) is 0 Å². The molecule has 2 nitrogen and oxygen atoms in total. The number of rotatable bonds is 0. The quantitative estimate of drug-likeness (QED) is 0.370. The Balaban J connectivity index is 2.89. The normalized spacial score (nSPS) is 10.4. The monoisotopic (exact) mass is 177 g/mol. The molecule has 0 aliphatic rings. The lowest BCUT2D eigenvalue weighted by atomic mass is 10.2. The number of pyridine rings is 1. The van der Waals surface area contributed by atoms with Crippen molar-refractivity contribution in [3.63, 3.8) is 0 Å². The number of para-hydroxylation sites is 1. The van der Waals surface area contributed by atoms with Crippen LogP contribution in [0.25, 0.3) is 10.9 Å². The highest BCUT2D eigenvalue weighted by atomic mass is 32.1. The Morgan fingerprint density at radius 3 is 2.83 bits per heavy atom. The molecule has 0 saturated carbocycles. The third-order valence-electron chi connectivity index (χ3n) is 1.73. The van der Waals surface area contributed by atoms with E-state index in [2.05, 4.69) is 12.6 Å². The molecule has 0 aliphatic heterocycles. The maximum atomic E-state index is 11.3. The number of hydrogen-bond acceptors (Lipinski definition) is 2. The summed E-state index contributed by atoms with van der Waals surface area (Å²) in [6.45, 7) is 0. The minimum atomic E-state index is 0.676. The zero-order valence-electron chi connectivity index (χ0n) is 6.27. The van der Waals surface area contributed by atoms with Gasteiger partial charge in [0.15, 0.2) is 6.20 Å². The lowest BCUT2D eigenvalue weighted by molar-refractivity contribution is -0.579. The fourth-order valence-corrected chi connectivity index (χ4v) is 1.44. The molecule has 0 bridgehead atoms. The highest BCUT2D eigenvalue weighted by Gasteiger charge is 2.02. The van der Waals surface area contributed by atoms with Gasteiger partial charge in [-0.15, -0.1) is 12.6 Å². The third kappa shape index (κ3) is 1.12. The summed E-state index contributed by atoms with van der Waals surface area (Å²) < 4.78 is 0.831. The lowest BCUT2D eigenvalue weighted by Gasteiger charge is -2.00. The van der Waals surface area contributed by atoms with Crippen LogP contribution in [0.3, 0.4) is 0 Å². The molecule has 0 radical (unpaired) electrons. The van der Waals surface area contributed by atoms with Gasteiger partial charge in [0, 0.05) is 11.5 Å². The fraction of sp³-hybridized carbons (Fsp3) is 0. The van der Waals surface area contributed by atoms with Gasteiger partial charge in [0.1, 0.15) is 0 Å². The van der Waals surface area contributed by atoms with E-state index in [1.165, 1.54) is 6.20 Å². The van der Waals surface area contributed by atoms with Gasteiger partial charge in [0.2, 0.25) is 5.52 Å². The molecule has 2 rings (SSSR count). The Labute approximate surface area is 75.4 Å². The van der Waals surface area contributed by atoms with Crippen molar-refractivity contribution in [1.82, 2.24) is 0 Å². The predicted octanol–water partition coefficient (Wildman–Crippen LogP) is 1.76. The molecule has 12 heavy (non-hydrogen) atoms. The molecule has 3 heteroatoms. The first-order valence-corrected chi connectivity index (χ1v) is 4.03. The molecule has 0 atom stereocenters. The summed E-state index contributed by atoms with van der Waals surface area (Å²) in [5.41, 5.74) is 0.676. The molecule has 0 spiro atoms. The van der Waals surface area contributed by atoms with Crippen molar-refractivity contribution in [2.75, 3.05) is 0 Å². The van der Waals surface area contributed by atoms with Crippen LogP contribution in [0.2, 0.25) is 0 Å². The summed E-state index contributed by atoms with van der Waals surface area (Å²) >= 11 is 4.11. The van der Waals surface area contributed by atoms with Crippen LogP contribution in [0.1, 0.15) is 0 Å². The van der Waals surface area contributed by atoms with Crippen LogP contribution in [0.15, 0.2) is 41.4 Å². The van der Waals surface area contributed by atoms with Crippen LogP contribution in [0.4, 0.5) is 0 Å². The second kappa shape index (κ2) is 2.68. The smallest absolute Gasteiger partial charge is 0.223 e. The second-order valence-electron chi connectivity index (χ2n) is 2.58. The predicted molar refractivity (Wildman–Crippen MR) is 50.2 cm³/mol. The highest BCUT2D eigenvalue weighted by molar-refractivity contribution is 7.80. The van der Waals surface area contributed by atoms with Gasteiger partial charge in [-0.1, -0.05) is 12.1 Å². The molecule has 0 unspecified atom stereocenters. The fourth-order valence-electron chi connectivity index (χ4n) is 1.20. The van der Waals surface area contributed by atoms with E-state index in [0.29, 0.717) is 10.4 Å². The molecule has 0 amide bonds. The Bertz CT molecular complexity index is 428. The molecule has 0 N–H and O–H groups in total. The number of fused-ring (bicyclic) bond motifs is 1. The first-order valence-electron chi connectivity index (χ1n) is 3.58. The van der Waals surface area contributed by atoms with E-state index < -0.39 is 0 Å². The zero-order valence-corrected chi connectivity index (χ0v) is 7.16. The Morgan fingerprint density at radius 1 is 1.25 bits per heavy atom. The first kappa shape index (κ1) is 7.43. The Kier molecular flexibility index (Phi) is 1.66. The maximum absolute atomic E-state index is 11.3. The van der Waals surface area contributed by atoms with Gasteiger partial charge in [0.25, 0.3) is 0 Å². The number of benzene rings is 1. The minimum absolute atomic E-state index is 0.676. The molecule has 1 aromatic heterocycles. The van der Waals surface area contributed by atoms with Crippen molar-refractivity contribution < 1.29 is 4.73 Å². The van der Waals surface area contributed by atoms with E-state index in [1.807, 2.05) is 24.3 Å². The van der Waals surface area contributed by atoms with Gasteiger partial charge in [0.05, 0.1) is 4.90 Å². The van der Waals surface area contributed by atoms with E-state index in [9.17, 15) is 5.21 Å². The molecule has 0 aliphatic carbocycles. The Hall–Kier alpha value is -1.22. The van der Waals surface area contributed by atoms with Crippen molar-refractivity contribution in [3.05, 3.63) is 41.7 Å². The van der Waals surface area contributed by atoms with Crippen molar-refractivity contribution in [3.8, 4) is 0 Å². The van der Waals surface area contributed by atoms with Gasteiger partial charge in [-0.3, -0.25) is 0 Å². The number of hydrogen-bond donors (Lipinski definition) is 1. The van der Waals surface area contributed by atoms with Gasteiger partial charge in [-0.2, -0.15) is 4.73 Å². The average Bonchev–Trinajstić information content (AvgIpc) is 2.04. The molecule has 0 fully saturated rings. The Morgan fingerprint density at radius 2 is 2.00 bits per heavy atom. The van der Waals surface area contributed by atoms with Crippen molar-refractivity contribution in [1.29, 1.82) is 0 Å². The number of thiol groups is 1. The second-order valence-corrected chi connectivity index (χ2v) is 3.10. The van der Waals surface area contributed by atoms with E-state index in [1.54, 1.807) is 6.07 Å². The summed E-state index contributed by atoms with van der Waals surface area (Å²) in [6, 6.07) is 9.29. The SMILES string of the molecule is [O-][n+]1cc(S)cc2ccccc21. The van der Waals surface area contributed by atoms with Crippen LogP contribution >= 0.6 is 12.6 Å². The van der Waals surface area contributed by atoms with Crippen LogP contribution in [-0.4, -0.2) is 0 Å². The largest absolute Gasteiger partial charge is 0.618 e. The van der Waals surface area contributed by atoms with E-state index in [4.69, 9.17) is 0 Å². The van der Waals surface area contributed by atoms with E-state index >= 15 is 0 Å². The zero-order chi connectivity index (χ0) is 8.55. The van der Waals surface area contributed by atoms with Crippen LogP contribution in [0, 0.1) is 5.21 Å². The summed E-state index contributed by atoms with van der Waals surface area (Å²) in [7, 11) is 0. The van der Waals surface area contributed by atoms with Crippen molar-refractivity contribution >= 4 is 23.5 Å². The van der Waals surface area contributed by atoms with E-state index in [-0.39, 0.29) is 0 Å². The van der Waals surface area contributed by atoms with Gasteiger partial charge in [-0.25, -0.2) is 0 Å². The average molecular weight is 177 g/mol. The standard InChI is InChI=1S/C9H7NOS/c11-10-6-8(12)5-7-3-1-2-4-9(7)10/h1-6,12H. The van der Waals surface area contributed by atoms with E-state index in [0.717, 1.165) is 10.1 Å². The topological polar surface area (TPSA) is 26.9 Å². The molecule has 1 heterocycles. The minimum Gasteiger partial charge on any atom is -0.618 e. The summed E-state index contributed by atoms with van der Waals surface area (Å²) in [5.74, 6) is 0. The lowest BCUT2D eigenvalue weighted by Crippen LogP contribution is -2.26. The molecular weight excluding hydrogens is 170 g/mol. The summed E-state index contributed by atoms with van der Waals surface area (Å²) in [4.78, 5) is 0.684. The van der Waals surface area contributed by atoms with Gasteiger partial charge in [-0.05, 0) is 12.1 Å². The van der Waals surface area contributed by atoms with Crippen LogP contribution < -0.4 is 4.73 Å². The van der Waals surface area contributed by atoms with Crippen molar-refractivity contribution in [2.45, 2.75) is 4.90 Å². The first-order chi connectivity index (χ1) is 5.77. The number of nitrogens with zero attached hydrogens (tertiary/aromatic N) is 1. The molecule has 1 aromatic carbocycles. The number of aromatic nitrogens is 1. The van der Waals surface area contributed by atoms with Crippen LogP contribution in [-0.2, 0) is 0 Å². The summed E-state index contributed by atoms with van der Waals surface area (Å²) in [6.07, 6.45) is 1.45. The third-order valence-corrected chi connectivity index (χ3v) is 1.97. The van der Waals surface area contributed by atoms with Gasteiger partial charge < -0.3 is 5.21 Å². The summed E-state index contributed by atoms with van der Waals surface area (Å²) in [5, 5.41) is 12.2. The van der Waals surface area contributed by atoms with Gasteiger partial charge >= 0.3 is 0 Å². The van der Waals surface area contributed by atoms with Crippen LogP contribution in [0.5, 0.6) is 0 Å². The molecule has 60 valence electrons.